The lowest BCUT2D eigenvalue weighted by Gasteiger charge is -2.17. The number of hydrogen-bond acceptors (Lipinski definition) is 6. The Morgan fingerprint density at radius 1 is 1.25 bits per heavy atom. The number of rotatable bonds is 7. The van der Waals surface area contributed by atoms with Crippen LogP contribution in [-0.2, 0) is 28.9 Å². The molecular weight excluding hydrogens is 447 g/mol. The zero-order valence-corrected chi connectivity index (χ0v) is 17.9. The van der Waals surface area contributed by atoms with Crippen molar-refractivity contribution in [3.05, 3.63) is 46.0 Å². The molecular formula is C21H22F3N3O4S. The minimum atomic E-state index is -4.77. The largest absolute Gasteiger partial charge is 0.573 e. The van der Waals surface area contributed by atoms with Gasteiger partial charge in [0.15, 0.2) is 0 Å². The lowest BCUT2D eigenvalue weighted by molar-refractivity contribution is -0.274. The van der Waals surface area contributed by atoms with Crippen molar-refractivity contribution in [2.45, 2.75) is 56.1 Å². The van der Waals surface area contributed by atoms with Crippen LogP contribution in [0, 0.1) is 0 Å². The van der Waals surface area contributed by atoms with E-state index in [9.17, 15) is 22.8 Å². The number of carbonyl (C=O) groups is 1. The van der Waals surface area contributed by atoms with Gasteiger partial charge in [-0.1, -0.05) is 11.8 Å². The first-order valence-corrected chi connectivity index (χ1v) is 11.3. The Labute approximate surface area is 186 Å². The van der Waals surface area contributed by atoms with Gasteiger partial charge in [-0.2, -0.15) is 4.98 Å². The van der Waals surface area contributed by atoms with Crippen LogP contribution in [0.15, 0.2) is 34.1 Å². The molecule has 1 aliphatic carbocycles. The smallest absolute Gasteiger partial charge is 0.406 e. The molecule has 2 aliphatic rings. The molecule has 11 heteroatoms. The maximum atomic E-state index is 12.6. The van der Waals surface area contributed by atoms with Crippen LogP contribution in [0.5, 0.6) is 5.75 Å². The molecule has 32 heavy (non-hydrogen) atoms. The van der Waals surface area contributed by atoms with Crippen molar-refractivity contribution in [2.75, 3.05) is 17.7 Å². The van der Waals surface area contributed by atoms with Crippen LogP contribution in [0.3, 0.4) is 0 Å². The van der Waals surface area contributed by atoms with Crippen molar-refractivity contribution in [1.82, 2.24) is 9.55 Å². The van der Waals surface area contributed by atoms with Crippen molar-refractivity contribution in [3.63, 3.8) is 0 Å². The molecule has 4 rings (SSSR count). The highest BCUT2D eigenvalue weighted by Crippen LogP contribution is 2.30. The fraction of sp³-hybridized carbons (Fsp3) is 0.476. The quantitative estimate of drug-likeness (QED) is 0.494. The average Bonchev–Trinajstić information content (AvgIpc) is 3.41. The normalized spacial score (nSPS) is 17.9. The molecule has 1 aromatic heterocycles. The summed E-state index contributed by atoms with van der Waals surface area (Å²) in [5, 5.41) is 3.18. The summed E-state index contributed by atoms with van der Waals surface area (Å²) in [6.07, 6.45) is -0.274. The Bertz CT molecular complexity index is 1030. The van der Waals surface area contributed by atoms with E-state index in [2.05, 4.69) is 15.0 Å². The minimum absolute atomic E-state index is 0.0232. The molecule has 0 bridgehead atoms. The van der Waals surface area contributed by atoms with Crippen LogP contribution in [-0.4, -0.2) is 40.3 Å². The van der Waals surface area contributed by atoms with Gasteiger partial charge in [0, 0.05) is 23.6 Å². The number of thioether (sulfide) groups is 1. The lowest BCUT2D eigenvalue weighted by Crippen LogP contribution is -2.31. The van der Waals surface area contributed by atoms with Gasteiger partial charge in [-0.15, -0.1) is 13.2 Å². The van der Waals surface area contributed by atoms with Gasteiger partial charge in [0.2, 0.25) is 5.91 Å². The molecule has 0 spiro atoms. The lowest BCUT2D eigenvalue weighted by atomic mass is 10.2. The number of fused-ring (bicyclic) bond motifs is 1. The van der Waals surface area contributed by atoms with Crippen molar-refractivity contribution in [3.8, 4) is 5.75 Å². The molecule has 2 heterocycles. The third kappa shape index (κ3) is 5.63. The number of alkyl halides is 3. The number of nitrogens with one attached hydrogen (secondary N) is 1. The number of aromatic nitrogens is 2. The molecule has 1 saturated heterocycles. The number of carbonyl (C=O) groups excluding carboxylic acids is 1. The van der Waals surface area contributed by atoms with E-state index in [0.29, 0.717) is 17.3 Å². The zero-order chi connectivity index (χ0) is 22.7. The Balaban J connectivity index is 1.38. The van der Waals surface area contributed by atoms with E-state index < -0.39 is 6.36 Å². The fourth-order valence-electron chi connectivity index (χ4n) is 3.96. The molecule has 0 saturated carbocycles. The number of ether oxygens (including phenoxy) is 2. The molecule has 0 radical (unpaired) electrons. The summed E-state index contributed by atoms with van der Waals surface area (Å²) in [6.45, 7) is 1.23. The fourth-order valence-corrected chi connectivity index (χ4v) is 4.83. The summed E-state index contributed by atoms with van der Waals surface area (Å²) >= 11 is 1.19. The second-order valence-corrected chi connectivity index (χ2v) is 8.60. The van der Waals surface area contributed by atoms with Crippen molar-refractivity contribution in [2.24, 2.45) is 0 Å². The summed E-state index contributed by atoms with van der Waals surface area (Å²) in [5.41, 5.74) is 2.00. The van der Waals surface area contributed by atoms with Gasteiger partial charge in [-0.3, -0.25) is 9.36 Å². The highest BCUT2D eigenvalue weighted by Gasteiger charge is 2.31. The van der Waals surface area contributed by atoms with Crippen LogP contribution >= 0.6 is 11.8 Å². The van der Waals surface area contributed by atoms with E-state index in [1.807, 2.05) is 0 Å². The van der Waals surface area contributed by atoms with Gasteiger partial charge in [0.05, 0.1) is 18.4 Å². The SMILES string of the molecule is O=C(CSc1nc(=O)n(CC2CCCO2)c2c1CCC2)Nc1ccc(OC(F)(F)F)cc1. The predicted octanol–water partition coefficient (Wildman–Crippen LogP) is 3.54. The number of anilines is 1. The van der Waals surface area contributed by atoms with Gasteiger partial charge in [0.1, 0.15) is 10.8 Å². The summed E-state index contributed by atoms with van der Waals surface area (Å²) in [6, 6.07) is 4.90. The second kappa shape index (κ2) is 9.53. The average molecular weight is 469 g/mol. The first kappa shape index (κ1) is 22.7. The van der Waals surface area contributed by atoms with Crippen LogP contribution in [0.25, 0.3) is 0 Å². The highest BCUT2D eigenvalue weighted by molar-refractivity contribution is 8.00. The van der Waals surface area contributed by atoms with Crippen molar-refractivity contribution < 1.29 is 27.4 Å². The molecule has 2 aromatic rings. The van der Waals surface area contributed by atoms with Crippen LogP contribution in [0.1, 0.15) is 30.5 Å². The third-order valence-corrected chi connectivity index (χ3v) is 6.34. The van der Waals surface area contributed by atoms with E-state index in [4.69, 9.17) is 4.74 Å². The van der Waals surface area contributed by atoms with Crippen LogP contribution in [0.2, 0.25) is 0 Å². The number of hydrogen-bond donors (Lipinski definition) is 1. The number of nitrogens with zero attached hydrogens (tertiary/aromatic N) is 2. The maximum Gasteiger partial charge on any atom is 0.573 e. The summed E-state index contributed by atoms with van der Waals surface area (Å²) < 4.78 is 47.9. The molecule has 7 nitrogen and oxygen atoms in total. The molecule has 172 valence electrons. The van der Waals surface area contributed by atoms with E-state index in [0.717, 1.165) is 62.1 Å². The topological polar surface area (TPSA) is 82.5 Å². The molecule has 1 atom stereocenters. The third-order valence-electron chi connectivity index (χ3n) is 5.32. The zero-order valence-electron chi connectivity index (χ0n) is 17.1. The van der Waals surface area contributed by atoms with Crippen molar-refractivity contribution in [1.29, 1.82) is 0 Å². The minimum Gasteiger partial charge on any atom is -0.406 e. The number of halogens is 3. The number of benzene rings is 1. The molecule has 1 amide bonds. The first-order chi connectivity index (χ1) is 15.3. The molecule has 1 fully saturated rings. The van der Waals surface area contributed by atoms with Crippen molar-refractivity contribution >= 4 is 23.4 Å². The van der Waals surface area contributed by atoms with Gasteiger partial charge in [-0.25, -0.2) is 4.79 Å². The monoisotopic (exact) mass is 469 g/mol. The van der Waals surface area contributed by atoms with E-state index in [1.165, 1.54) is 23.9 Å². The molecule has 1 aromatic carbocycles. The van der Waals surface area contributed by atoms with E-state index in [1.54, 1.807) is 4.57 Å². The van der Waals surface area contributed by atoms with E-state index >= 15 is 0 Å². The first-order valence-electron chi connectivity index (χ1n) is 10.3. The standard InChI is InChI=1S/C21H22F3N3O4S/c22-21(23,24)31-14-8-6-13(7-9-14)25-18(28)12-32-19-16-4-1-5-17(16)27(20(29)26-19)11-15-3-2-10-30-15/h6-9,15H,1-5,10-12H2,(H,25,28). The van der Waals surface area contributed by atoms with Crippen LogP contribution < -0.4 is 15.7 Å². The predicted molar refractivity (Wildman–Crippen MR) is 112 cm³/mol. The van der Waals surface area contributed by atoms with E-state index in [-0.39, 0.29) is 29.2 Å². The van der Waals surface area contributed by atoms with Gasteiger partial charge < -0.3 is 14.8 Å². The Morgan fingerprint density at radius 2 is 2.03 bits per heavy atom. The van der Waals surface area contributed by atoms with Gasteiger partial charge in [0.25, 0.3) is 0 Å². The number of amides is 1. The van der Waals surface area contributed by atoms with Gasteiger partial charge >= 0.3 is 12.1 Å². The summed E-state index contributed by atoms with van der Waals surface area (Å²) in [5.74, 6) is -0.695. The maximum absolute atomic E-state index is 12.6. The molecule has 1 N–H and O–H groups in total. The Morgan fingerprint density at radius 3 is 2.72 bits per heavy atom. The Hall–Kier alpha value is -2.53. The molecule has 1 aliphatic heterocycles. The Kier molecular flexibility index (Phi) is 6.75. The van der Waals surface area contributed by atoms with Gasteiger partial charge in [-0.05, 0) is 56.4 Å². The summed E-state index contributed by atoms with van der Waals surface area (Å²) in [7, 11) is 0. The molecule has 1 unspecified atom stereocenters. The second-order valence-electron chi connectivity index (χ2n) is 7.63. The highest BCUT2D eigenvalue weighted by atomic mass is 32.2. The van der Waals surface area contributed by atoms with Crippen LogP contribution in [0.4, 0.5) is 18.9 Å². The summed E-state index contributed by atoms with van der Waals surface area (Å²) in [4.78, 5) is 29.2.